The van der Waals surface area contributed by atoms with Gasteiger partial charge in [0, 0.05) is 5.54 Å². The van der Waals surface area contributed by atoms with Crippen molar-refractivity contribution in [2.24, 2.45) is 11.1 Å². The zero-order valence-corrected chi connectivity index (χ0v) is 15.3. The molecule has 0 amide bonds. The number of hydrogen-bond acceptors (Lipinski definition) is 2. The Morgan fingerprint density at radius 3 is 1.19 bits per heavy atom. The van der Waals surface area contributed by atoms with E-state index in [-0.39, 0.29) is 5.54 Å². The summed E-state index contributed by atoms with van der Waals surface area (Å²) in [6.07, 6.45) is 9.42. The first kappa shape index (κ1) is 22.7. The molecule has 0 heterocycles. The Bertz CT molecular complexity index is 235. The number of rotatable bonds is 10. The average Bonchev–Trinajstić information content (AvgIpc) is 2.42. The third-order valence-electron chi connectivity index (χ3n) is 4.73. The van der Waals surface area contributed by atoms with Crippen LogP contribution in [0.4, 0.5) is 0 Å². The Morgan fingerprint density at radius 2 is 1.10 bits per heavy atom. The molecule has 0 fully saturated rings. The summed E-state index contributed by atoms with van der Waals surface area (Å²) in [5, 5.41) is 8.82. The lowest BCUT2D eigenvalue weighted by atomic mass is 9.80. The van der Waals surface area contributed by atoms with E-state index in [9.17, 15) is 4.79 Å². The van der Waals surface area contributed by atoms with Crippen molar-refractivity contribution in [3.63, 3.8) is 0 Å². The average molecular weight is 302 g/mol. The maximum Gasteiger partial charge on any atom is 0.309 e. The molecule has 0 saturated carbocycles. The van der Waals surface area contributed by atoms with Crippen LogP contribution in [0.3, 0.4) is 0 Å². The van der Waals surface area contributed by atoms with Crippen LogP contribution in [0.2, 0.25) is 0 Å². The summed E-state index contributed by atoms with van der Waals surface area (Å²) in [6, 6.07) is 0. The molecule has 0 aliphatic carbocycles. The van der Waals surface area contributed by atoms with Crippen molar-refractivity contribution in [2.75, 3.05) is 0 Å². The van der Waals surface area contributed by atoms with Gasteiger partial charge in [-0.1, -0.05) is 60.8 Å². The molecule has 0 atom stereocenters. The van der Waals surface area contributed by atoms with Crippen LogP contribution in [0.25, 0.3) is 0 Å². The van der Waals surface area contributed by atoms with E-state index in [2.05, 4.69) is 20.8 Å². The standard InChI is InChI=1S/C10H23N.C8H16O2/c1-4-7-10(11,8-5-2)9-6-3;1-4-8(5-2,6-3)7(9)10/h4-9,11H2,1-3H3;4-6H2,1-3H3,(H,9,10). The summed E-state index contributed by atoms with van der Waals surface area (Å²) in [5.74, 6) is -0.653. The molecule has 3 nitrogen and oxygen atoms in total. The quantitative estimate of drug-likeness (QED) is 0.570. The lowest BCUT2D eigenvalue weighted by Crippen LogP contribution is -2.39. The van der Waals surface area contributed by atoms with E-state index in [1.54, 1.807) is 0 Å². The Kier molecular flexibility index (Phi) is 13.0. The highest BCUT2D eigenvalue weighted by atomic mass is 16.4. The van der Waals surface area contributed by atoms with Crippen molar-refractivity contribution >= 4 is 5.97 Å². The van der Waals surface area contributed by atoms with E-state index < -0.39 is 11.4 Å². The summed E-state index contributed by atoms with van der Waals surface area (Å²) in [6.45, 7) is 12.4. The van der Waals surface area contributed by atoms with Gasteiger partial charge in [-0.2, -0.15) is 0 Å². The van der Waals surface area contributed by atoms with Crippen LogP contribution in [0.5, 0.6) is 0 Å². The second kappa shape index (κ2) is 12.0. The third kappa shape index (κ3) is 8.45. The normalized spacial score (nSPS) is 11.8. The van der Waals surface area contributed by atoms with Gasteiger partial charge in [0.2, 0.25) is 0 Å². The highest BCUT2D eigenvalue weighted by Crippen LogP contribution is 2.30. The molecule has 0 unspecified atom stereocenters. The molecule has 0 rings (SSSR count). The lowest BCUT2D eigenvalue weighted by Gasteiger charge is -2.28. The largest absolute Gasteiger partial charge is 0.481 e. The van der Waals surface area contributed by atoms with Gasteiger partial charge in [-0.05, 0) is 38.5 Å². The van der Waals surface area contributed by atoms with Gasteiger partial charge in [-0.3, -0.25) is 4.79 Å². The van der Waals surface area contributed by atoms with Crippen LogP contribution in [0.15, 0.2) is 0 Å². The molecule has 21 heavy (non-hydrogen) atoms. The van der Waals surface area contributed by atoms with Crippen molar-refractivity contribution in [1.29, 1.82) is 0 Å². The number of carboxylic acid groups (broad SMARTS) is 1. The molecule has 128 valence electrons. The fourth-order valence-electron chi connectivity index (χ4n) is 3.07. The van der Waals surface area contributed by atoms with Crippen molar-refractivity contribution in [3.8, 4) is 0 Å². The molecule has 3 heteroatoms. The lowest BCUT2D eigenvalue weighted by molar-refractivity contribution is -0.149. The van der Waals surface area contributed by atoms with Gasteiger partial charge in [0.15, 0.2) is 0 Å². The molecule has 0 bridgehead atoms. The van der Waals surface area contributed by atoms with Crippen molar-refractivity contribution in [1.82, 2.24) is 0 Å². The summed E-state index contributed by atoms with van der Waals surface area (Å²) >= 11 is 0. The second-order valence-corrected chi connectivity index (χ2v) is 6.26. The Hall–Kier alpha value is -0.570. The van der Waals surface area contributed by atoms with Gasteiger partial charge >= 0.3 is 5.97 Å². The van der Waals surface area contributed by atoms with Crippen molar-refractivity contribution < 1.29 is 9.90 Å². The first-order valence-electron chi connectivity index (χ1n) is 8.83. The maximum atomic E-state index is 10.7. The molecule has 0 aromatic rings. The SMILES string of the molecule is CCC(CC)(CC)C(=O)O.CCCC(N)(CCC)CCC. The smallest absolute Gasteiger partial charge is 0.309 e. The van der Waals surface area contributed by atoms with Gasteiger partial charge in [-0.15, -0.1) is 0 Å². The van der Waals surface area contributed by atoms with Gasteiger partial charge in [0.25, 0.3) is 0 Å². The Balaban J connectivity index is 0. The van der Waals surface area contributed by atoms with Gasteiger partial charge in [-0.25, -0.2) is 0 Å². The molecule has 0 aromatic carbocycles. The maximum absolute atomic E-state index is 10.7. The predicted octanol–water partition coefficient (Wildman–Crippen LogP) is 5.37. The van der Waals surface area contributed by atoms with E-state index >= 15 is 0 Å². The van der Waals surface area contributed by atoms with E-state index in [1.807, 2.05) is 20.8 Å². The number of carboxylic acids is 1. The van der Waals surface area contributed by atoms with E-state index in [4.69, 9.17) is 10.8 Å². The number of carbonyl (C=O) groups is 1. The molecule has 0 saturated heterocycles. The molecule has 0 aliphatic heterocycles. The molecule has 3 N–H and O–H groups in total. The van der Waals surface area contributed by atoms with E-state index in [0.29, 0.717) is 0 Å². The van der Waals surface area contributed by atoms with E-state index in [0.717, 1.165) is 19.3 Å². The fraction of sp³-hybridized carbons (Fsp3) is 0.944. The van der Waals surface area contributed by atoms with Crippen molar-refractivity contribution in [3.05, 3.63) is 0 Å². The first-order valence-corrected chi connectivity index (χ1v) is 8.83. The van der Waals surface area contributed by atoms with Crippen LogP contribution in [-0.2, 0) is 4.79 Å². The van der Waals surface area contributed by atoms with E-state index in [1.165, 1.54) is 38.5 Å². The number of nitrogens with two attached hydrogens (primary N) is 1. The molecular formula is C18H39NO2. The minimum absolute atomic E-state index is 0.151. The predicted molar refractivity (Wildman–Crippen MR) is 92.6 cm³/mol. The zero-order valence-electron chi connectivity index (χ0n) is 15.3. The summed E-state index contributed by atoms with van der Waals surface area (Å²) in [7, 11) is 0. The Labute approximate surface area is 132 Å². The minimum atomic E-state index is -0.653. The number of hydrogen-bond donors (Lipinski definition) is 2. The molecule has 0 aromatic heterocycles. The van der Waals surface area contributed by atoms with Gasteiger partial charge in [0.05, 0.1) is 5.41 Å². The van der Waals surface area contributed by atoms with Crippen LogP contribution < -0.4 is 5.73 Å². The van der Waals surface area contributed by atoms with Crippen LogP contribution in [-0.4, -0.2) is 16.6 Å². The third-order valence-corrected chi connectivity index (χ3v) is 4.73. The van der Waals surface area contributed by atoms with Gasteiger partial charge in [0.1, 0.15) is 0 Å². The topological polar surface area (TPSA) is 63.3 Å². The van der Waals surface area contributed by atoms with Crippen LogP contribution in [0.1, 0.15) is 99.3 Å². The summed E-state index contributed by atoms with van der Waals surface area (Å²) in [4.78, 5) is 10.7. The molecular weight excluding hydrogens is 262 g/mol. The first-order chi connectivity index (χ1) is 9.81. The fourth-order valence-corrected chi connectivity index (χ4v) is 3.07. The zero-order chi connectivity index (χ0) is 16.9. The highest BCUT2D eigenvalue weighted by molar-refractivity contribution is 5.74. The highest BCUT2D eigenvalue weighted by Gasteiger charge is 2.32. The van der Waals surface area contributed by atoms with Crippen molar-refractivity contribution in [2.45, 2.75) is 105 Å². The second-order valence-electron chi connectivity index (χ2n) is 6.26. The Morgan fingerprint density at radius 1 is 0.810 bits per heavy atom. The van der Waals surface area contributed by atoms with Gasteiger partial charge < -0.3 is 10.8 Å². The van der Waals surface area contributed by atoms with Crippen LogP contribution in [0, 0.1) is 5.41 Å². The minimum Gasteiger partial charge on any atom is -0.481 e. The number of aliphatic carboxylic acids is 1. The molecule has 0 radical (unpaired) electrons. The van der Waals surface area contributed by atoms with Crippen LogP contribution >= 0.6 is 0 Å². The monoisotopic (exact) mass is 301 g/mol. The molecule has 0 aliphatic rings. The summed E-state index contributed by atoms with van der Waals surface area (Å²) in [5.41, 5.74) is 5.92. The summed E-state index contributed by atoms with van der Waals surface area (Å²) < 4.78 is 0. The molecule has 0 spiro atoms.